The van der Waals surface area contributed by atoms with Crippen LogP contribution in [-0.2, 0) is 0 Å². The molecule has 1 aliphatic rings. The summed E-state index contributed by atoms with van der Waals surface area (Å²) < 4.78 is 0.256. The van der Waals surface area contributed by atoms with Crippen molar-refractivity contribution in [2.24, 2.45) is 5.84 Å². The van der Waals surface area contributed by atoms with Crippen LogP contribution in [0.15, 0.2) is 0 Å². The molecule has 0 heterocycles. The number of carbonyl (C=O) groups excluding carboxylic acids is 1. The van der Waals surface area contributed by atoms with Crippen LogP contribution in [-0.4, -0.2) is 23.6 Å². The number of hydrazine groups is 1. The van der Waals surface area contributed by atoms with Gasteiger partial charge in [0.2, 0.25) is 0 Å². The van der Waals surface area contributed by atoms with Gasteiger partial charge in [-0.1, -0.05) is 12.8 Å². The average molecular weight is 203 g/mol. The third-order valence-electron chi connectivity index (χ3n) is 2.65. The van der Waals surface area contributed by atoms with Crippen molar-refractivity contribution in [2.45, 2.75) is 30.4 Å². The third kappa shape index (κ3) is 2.77. The van der Waals surface area contributed by atoms with Crippen molar-refractivity contribution in [1.29, 1.82) is 0 Å². The molecule has 2 amide bonds. The Bertz CT molecular complexity index is 180. The number of hydrogen-bond donors (Lipinski definition) is 3. The Morgan fingerprint density at radius 1 is 1.54 bits per heavy atom. The van der Waals surface area contributed by atoms with Crippen LogP contribution < -0.4 is 16.6 Å². The molecule has 1 saturated carbocycles. The molecule has 0 unspecified atom stereocenters. The van der Waals surface area contributed by atoms with Crippen molar-refractivity contribution >= 4 is 17.8 Å². The Morgan fingerprint density at radius 3 is 2.62 bits per heavy atom. The Kier molecular flexibility index (Phi) is 3.87. The fourth-order valence-electron chi connectivity index (χ4n) is 1.76. The van der Waals surface area contributed by atoms with Crippen LogP contribution in [0.2, 0.25) is 0 Å². The van der Waals surface area contributed by atoms with E-state index in [4.69, 9.17) is 5.84 Å². The van der Waals surface area contributed by atoms with Crippen molar-refractivity contribution < 1.29 is 4.79 Å². The summed E-state index contributed by atoms with van der Waals surface area (Å²) in [5.74, 6) is 4.97. The first-order chi connectivity index (χ1) is 6.22. The van der Waals surface area contributed by atoms with E-state index in [-0.39, 0.29) is 10.8 Å². The van der Waals surface area contributed by atoms with Gasteiger partial charge in [0.15, 0.2) is 0 Å². The number of amides is 2. The molecule has 0 aromatic rings. The summed E-state index contributed by atoms with van der Waals surface area (Å²) in [4.78, 5) is 10.9. The van der Waals surface area contributed by atoms with Gasteiger partial charge in [0.25, 0.3) is 0 Å². The van der Waals surface area contributed by atoms with E-state index < -0.39 is 0 Å². The minimum absolute atomic E-state index is 0.256. The molecule has 1 aliphatic carbocycles. The number of thioether (sulfide) groups is 1. The molecule has 0 bridgehead atoms. The molecule has 1 rings (SSSR count). The smallest absolute Gasteiger partial charge is 0.328 e. The maximum absolute atomic E-state index is 10.9. The van der Waals surface area contributed by atoms with Crippen molar-refractivity contribution in [2.75, 3.05) is 12.8 Å². The lowest BCUT2D eigenvalue weighted by Crippen LogP contribution is -2.45. The van der Waals surface area contributed by atoms with Gasteiger partial charge in [0.05, 0.1) is 0 Å². The fraction of sp³-hybridized carbons (Fsp3) is 0.875. The van der Waals surface area contributed by atoms with Gasteiger partial charge in [0.1, 0.15) is 0 Å². The summed E-state index contributed by atoms with van der Waals surface area (Å²) in [6, 6.07) is -0.291. The van der Waals surface area contributed by atoms with Crippen LogP contribution in [0.4, 0.5) is 4.79 Å². The van der Waals surface area contributed by atoms with E-state index in [1.165, 1.54) is 25.7 Å². The molecule has 13 heavy (non-hydrogen) atoms. The summed E-state index contributed by atoms with van der Waals surface area (Å²) in [5, 5.41) is 2.77. The van der Waals surface area contributed by atoms with E-state index in [0.29, 0.717) is 0 Å². The molecule has 76 valence electrons. The minimum atomic E-state index is -0.291. The van der Waals surface area contributed by atoms with Crippen molar-refractivity contribution in [3.05, 3.63) is 0 Å². The molecule has 0 aromatic heterocycles. The first kappa shape index (κ1) is 10.7. The van der Waals surface area contributed by atoms with Crippen LogP contribution in [0.1, 0.15) is 25.7 Å². The lowest BCUT2D eigenvalue weighted by Gasteiger charge is -2.26. The van der Waals surface area contributed by atoms with Gasteiger partial charge < -0.3 is 5.32 Å². The van der Waals surface area contributed by atoms with Crippen LogP contribution in [0.3, 0.4) is 0 Å². The Hall–Kier alpha value is -0.420. The Labute approximate surface area is 83.0 Å². The van der Waals surface area contributed by atoms with Gasteiger partial charge in [-0.3, -0.25) is 5.43 Å². The lowest BCUT2D eigenvalue weighted by molar-refractivity contribution is 0.240. The standard InChI is InChI=1S/C8H17N3OS/c1-13-8(4-2-3-5-8)6-10-7(12)11-9/h2-6,9H2,1H3,(H2,10,11,12). The summed E-state index contributed by atoms with van der Waals surface area (Å²) in [7, 11) is 0. The normalized spacial score (nSPS) is 19.8. The van der Waals surface area contributed by atoms with Crippen molar-refractivity contribution in [3.8, 4) is 0 Å². The van der Waals surface area contributed by atoms with E-state index in [0.717, 1.165) is 6.54 Å². The van der Waals surface area contributed by atoms with E-state index in [9.17, 15) is 4.79 Å². The maximum Gasteiger partial charge on any atom is 0.328 e. The molecule has 0 aliphatic heterocycles. The zero-order valence-corrected chi connectivity index (χ0v) is 8.75. The van der Waals surface area contributed by atoms with E-state index >= 15 is 0 Å². The molecule has 0 radical (unpaired) electrons. The molecular weight excluding hydrogens is 186 g/mol. The van der Waals surface area contributed by atoms with Crippen LogP contribution in [0.25, 0.3) is 0 Å². The molecule has 1 fully saturated rings. The number of urea groups is 1. The zero-order valence-electron chi connectivity index (χ0n) is 7.93. The number of nitrogens with two attached hydrogens (primary N) is 1. The second kappa shape index (κ2) is 4.72. The zero-order chi connectivity index (χ0) is 9.73. The van der Waals surface area contributed by atoms with Crippen LogP contribution >= 0.6 is 11.8 Å². The second-order valence-corrected chi connectivity index (χ2v) is 4.70. The highest BCUT2D eigenvalue weighted by atomic mass is 32.2. The highest BCUT2D eigenvalue weighted by Crippen LogP contribution is 2.39. The SMILES string of the molecule is CSC1(CNC(=O)NN)CCCC1. The van der Waals surface area contributed by atoms with Crippen molar-refractivity contribution in [1.82, 2.24) is 10.7 Å². The lowest BCUT2D eigenvalue weighted by atomic mass is 10.1. The van der Waals surface area contributed by atoms with Gasteiger partial charge >= 0.3 is 6.03 Å². The molecule has 0 saturated heterocycles. The average Bonchev–Trinajstić information content (AvgIpc) is 2.63. The fourth-order valence-corrected chi connectivity index (χ4v) is 2.68. The first-order valence-electron chi connectivity index (χ1n) is 4.52. The number of rotatable bonds is 3. The minimum Gasteiger partial charge on any atom is -0.336 e. The molecule has 4 N–H and O–H groups in total. The predicted molar refractivity (Wildman–Crippen MR) is 55.4 cm³/mol. The quantitative estimate of drug-likeness (QED) is 0.362. The molecule has 0 aromatic carbocycles. The van der Waals surface area contributed by atoms with Crippen LogP contribution in [0, 0.1) is 0 Å². The third-order valence-corrected chi connectivity index (χ3v) is 4.07. The number of nitrogens with one attached hydrogen (secondary N) is 2. The Balaban J connectivity index is 2.35. The summed E-state index contributed by atoms with van der Waals surface area (Å²) in [6.07, 6.45) is 7.03. The van der Waals surface area contributed by atoms with Crippen LogP contribution in [0.5, 0.6) is 0 Å². The highest BCUT2D eigenvalue weighted by molar-refractivity contribution is 8.00. The predicted octanol–water partition coefficient (Wildman–Crippen LogP) is 0.835. The summed E-state index contributed by atoms with van der Waals surface area (Å²) in [6.45, 7) is 0.719. The summed E-state index contributed by atoms with van der Waals surface area (Å²) >= 11 is 1.85. The maximum atomic E-state index is 10.9. The first-order valence-corrected chi connectivity index (χ1v) is 5.74. The van der Waals surface area contributed by atoms with E-state index in [2.05, 4.69) is 17.0 Å². The monoisotopic (exact) mass is 203 g/mol. The largest absolute Gasteiger partial charge is 0.336 e. The van der Waals surface area contributed by atoms with Gasteiger partial charge in [-0.15, -0.1) is 0 Å². The molecule has 4 nitrogen and oxygen atoms in total. The second-order valence-electron chi connectivity index (χ2n) is 3.42. The number of carbonyl (C=O) groups is 1. The highest BCUT2D eigenvalue weighted by Gasteiger charge is 2.32. The molecule has 0 atom stereocenters. The summed E-state index contributed by atoms with van der Waals surface area (Å²) in [5.41, 5.74) is 2.07. The van der Waals surface area contributed by atoms with Gasteiger partial charge in [-0.05, 0) is 19.1 Å². The number of hydrogen-bond acceptors (Lipinski definition) is 3. The van der Waals surface area contributed by atoms with E-state index in [1.54, 1.807) is 0 Å². The van der Waals surface area contributed by atoms with Gasteiger partial charge in [0, 0.05) is 11.3 Å². The molecule has 0 spiro atoms. The molecule has 5 heteroatoms. The van der Waals surface area contributed by atoms with Crippen molar-refractivity contribution in [3.63, 3.8) is 0 Å². The van der Waals surface area contributed by atoms with Gasteiger partial charge in [-0.2, -0.15) is 11.8 Å². The topological polar surface area (TPSA) is 67.2 Å². The molecular formula is C8H17N3OS. The van der Waals surface area contributed by atoms with Gasteiger partial charge in [-0.25, -0.2) is 10.6 Å². The van der Waals surface area contributed by atoms with E-state index in [1.807, 2.05) is 11.8 Å². The Morgan fingerprint density at radius 2 is 2.15 bits per heavy atom.